The number of esters is 1. The minimum absolute atomic E-state index is 0.338. The van der Waals surface area contributed by atoms with Gasteiger partial charge in [-0.1, -0.05) is 41.9 Å². The molecule has 0 saturated heterocycles. The van der Waals surface area contributed by atoms with Gasteiger partial charge in [-0.25, -0.2) is 4.79 Å². The number of carbonyl (C=O) groups excluding carboxylic acids is 2. The first kappa shape index (κ1) is 19.5. The van der Waals surface area contributed by atoms with Crippen LogP contribution in [0.1, 0.15) is 18.1 Å². The third-order valence-electron chi connectivity index (χ3n) is 3.37. The van der Waals surface area contributed by atoms with E-state index in [9.17, 15) is 9.59 Å². The lowest BCUT2D eigenvalue weighted by molar-refractivity contribution is -0.143. The molecule has 1 amide bonds. The summed E-state index contributed by atoms with van der Waals surface area (Å²) in [6.45, 7) is 2.41. The number of nitrogens with one attached hydrogen (secondary N) is 1. The second kappa shape index (κ2) is 10.3. The molecule has 0 spiro atoms. The van der Waals surface area contributed by atoms with Crippen molar-refractivity contribution in [3.63, 3.8) is 0 Å². The molecular weight excluding hydrogens is 354 g/mol. The number of hydrogen-bond donors (Lipinski definition) is 1. The number of halogens is 1. The van der Waals surface area contributed by atoms with Crippen molar-refractivity contribution < 1.29 is 19.1 Å². The van der Waals surface area contributed by atoms with Gasteiger partial charge in [0.15, 0.2) is 6.61 Å². The Morgan fingerprint density at radius 1 is 1.12 bits per heavy atom. The molecule has 6 heteroatoms. The summed E-state index contributed by atoms with van der Waals surface area (Å²) in [5, 5.41) is 3.30. The van der Waals surface area contributed by atoms with E-state index in [0.717, 1.165) is 11.1 Å². The number of ether oxygens (including phenoxy) is 2. The van der Waals surface area contributed by atoms with Crippen LogP contribution in [0.25, 0.3) is 6.08 Å². The molecule has 0 aliphatic carbocycles. The van der Waals surface area contributed by atoms with Gasteiger partial charge in [-0.3, -0.25) is 4.79 Å². The van der Waals surface area contributed by atoms with Crippen molar-refractivity contribution in [3.05, 3.63) is 70.8 Å². The Kier molecular flexibility index (Phi) is 7.71. The Morgan fingerprint density at radius 3 is 2.58 bits per heavy atom. The van der Waals surface area contributed by atoms with Crippen molar-refractivity contribution in [1.82, 2.24) is 5.32 Å². The second-order valence-corrected chi connectivity index (χ2v) is 5.75. The molecule has 0 aliphatic heterocycles. The second-order valence-electron chi connectivity index (χ2n) is 5.32. The predicted molar refractivity (Wildman–Crippen MR) is 101 cm³/mol. The topological polar surface area (TPSA) is 64.6 Å². The lowest BCUT2D eigenvalue weighted by Gasteiger charge is -2.07. The van der Waals surface area contributed by atoms with Crippen molar-refractivity contribution in [2.75, 3.05) is 13.2 Å². The molecule has 0 aliphatic rings. The number of para-hydroxylation sites is 1. The molecule has 0 bridgehead atoms. The average Bonchev–Trinajstić information content (AvgIpc) is 2.65. The van der Waals surface area contributed by atoms with Gasteiger partial charge in [0, 0.05) is 23.2 Å². The Morgan fingerprint density at radius 2 is 1.85 bits per heavy atom. The number of carbonyl (C=O) groups is 2. The summed E-state index contributed by atoms with van der Waals surface area (Å²) >= 11 is 5.80. The maximum Gasteiger partial charge on any atom is 0.331 e. The van der Waals surface area contributed by atoms with Crippen molar-refractivity contribution in [3.8, 4) is 5.75 Å². The number of rotatable bonds is 8. The summed E-state index contributed by atoms with van der Waals surface area (Å²) in [7, 11) is 0. The molecule has 2 rings (SSSR count). The van der Waals surface area contributed by atoms with Crippen LogP contribution >= 0.6 is 11.6 Å². The fourth-order valence-electron chi connectivity index (χ4n) is 2.10. The number of amides is 1. The summed E-state index contributed by atoms with van der Waals surface area (Å²) in [6, 6.07) is 14.5. The Hall–Kier alpha value is -2.79. The Labute approximate surface area is 157 Å². The SMILES string of the molecule is CCOc1ccccc1/C=C/C(=O)OCC(=O)NCc1ccc(Cl)cc1. The minimum Gasteiger partial charge on any atom is -0.493 e. The average molecular weight is 374 g/mol. The molecule has 0 saturated carbocycles. The highest BCUT2D eigenvalue weighted by molar-refractivity contribution is 6.30. The molecule has 136 valence electrons. The summed E-state index contributed by atoms with van der Waals surface area (Å²) in [4.78, 5) is 23.5. The molecule has 0 aromatic heterocycles. The molecule has 0 unspecified atom stereocenters. The van der Waals surface area contributed by atoms with Crippen LogP contribution in [-0.2, 0) is 20.9 Å². The van der Waals surface area contributed by atoms with Crippen LogP contribution in [0.4, 0.5) is 0 Å². The van der Waals surface area contributed by atoms with E-state index in [2.05, 4.69) is 5.32 Å². The van der Waals surface area contributed by atoms with E-state index >= 15 is 0 Å². The van der Waals surface area contributed by atoms with Gasteiger partial charge in [0.25, 0.3) is 5.91 Å². The predicted octanol–water partition coefficient (Wildman–Crippen LogP) is 3.61. The van der Waals surface area contributed by atoms with Crippen LogP contribution in [0.2, 0.25) is 5.02 Å². The van der Waals surface area contributed by atoms with Gasteiger partial charge in [0.2, 0.25) is 0 Å². The van der Waals surface area contributed by atoms with E-state index in [0.29, 0.717) is 23.9 Å². The van der Waals surface area contributed by atoms with Crippen LogP contribution in [0, 0.1) is 0 Å². The van der Waals surface area contributed by atoms with Gasteiger partial charge in [0.05, 0.1) is 6.61 Å². The van der Waals surface area contributed by atoms with Gasteiger partial charge in [0.1, 0.15) is 5.75 Å². The number of benzene rings is 2. The molecule has 1 N–H and O–H groups in total. The van der Waals surface area contributed by atoms with Crippen molar-refractivity contribution in [1.29, 1.82) is 0 Å². The maximum absolute atomic E-state index is 11.8. The van der Waals surface area contributed by atoms with E-state index in [1.165, 1.54) is 6.08 Å². The first-order valence-corrected chi connectivity index (χ1v) is 8.54. The van der Waals surface area contributed by atoms with Crippen LogP contribution in [-0.4, -0.2) is 25.1 Å². The first-order valence-electron chi connectivity index (χ1n) is 8.16. The molecule has 2 aromatic carbocycles. The van der Waals surface area contributed by atoms with Crippen LogP contribution in [0.3, 0.4) is 0 Å². The molecule has 0 heterocycles. The van der Waals surface area contributed by atoms with Crippen molar-refractivity contribution in [2.24, 2.45) is 0 Å². The largest absolute Gasteiger partial charge is 0.493 e. The standard InChI is InChI=1S/C20H20ClNO4/c1-2-25-18-6-4-3-5-16(18)9-12-20(24)26-14-19(23)22-13-15-7-10-17(21)11-8-15/h3-12H,2,13-14H2,1H3,(H,22,23)/b12-9+. The Balaban J connectivity index is 1.77. The summed E-state index contributed by atoms with van der Waals surface area (Å²) < 4.78 is 10.4. The molecule has 0 atom stereocenters. The molecule has 0 radical (unpaired) electrons. The van der Waals surface area contributed by atoms with Crippen LogP contribution < -0.4 is 10.1 Å². The molecular formula is C20H20ClNO4. The van der Waals surface area contributed by atoms with E-state index < -0.39 is 5.97 Å². The van der Waals surface area contributed by atoms with Gasteiger partial charge < -0.3 is 14.8 Å². The zero-order valence-corrected chi connectivity index (χ0v) is 15.2. The smallest absolute Gasteiger partial charge is 0.331 e. The van der Waals surface area contributed by atoms with Crippen LogP contribution in [0.15, 0.2) is 54.6 Å². The van der Waals surface area contributed by atoms with E-state index in [4.69, 9.17) is 21.1 Å². The van der Waals surface area contributed by atoms with E-state index in [1.54, 1.807) is 18.2 Å². The fraction of sp³-hybridized carbons (Fsp3) is 0.200. The van der Waals surface area contributed by atoms with Gasteiger partial charge >= 0.3 is 5.97 Å². The Bertz CT molecular complexity index is 772. The van der Waals surface area contributed by atoms with E-state index in [1.807, 2.05) is 43.3 Å². The normalized spacial score (nSPS) is 10.5. The van der Waals surface area contributed by atoms with E-state index in [-0.39, 0.29) is 12.5 Å². The molecule has 2 aromatic rings. The van der Waals surface area contributed by atoms with Crippen molar-refractivity contribution >= 4 is 29.6 Å². The highest BCUT2D eigenvalue weighted by Gasteiger charge is 2.06. The fourth-order valence-corrected chi connectivity index (χ4v) is 2.23. The summed E-state index contributed by atoms with van der Waals surface area (Å²) in [5.74, 6) is -0.297. The highest BCUT2D eigenvalue weighted by Crippen LogP contribution is 2.19. The highest BCUT2D eigenvalue weighted by atomic mass is 35.5. The number of hydrogen-bond acceptors (Lipinski definition) is 4. The lowest BCUT2D eigenvalue weighted by Crippen LogP contribution is -2.28. The monoisotopic (exact) mass is 373 g/mol. The maximum atomic E-state index is 11.8. The molecule has 0 fully saturated rings. The molecule has 5 nitrogen and oxygen atoms in total. The third-order valence-corrected chi connectivity index (χ3v) is 3.62. The zero-order chi connectivity index (χ0) is 18.8. The van der Waals surface area contributed by atoms with Crippen LogP contribution in [0.5, 0.6) is 5.75 Å². The summed E-state index contributed by atoms with van der Waals surface area (Å²) in [5.41, 5.74) is 1.67. The zero-order valence-electron chi connectivity index (χ0n) is 14.4. The summed E-state index contributed by atoms with van der Waals surface area (Å²) in [6.07, 6.45) is 2.86. The van der Waals surface area contributed by atoms with Gasteiger partial charge in [-0.05, 0) is 36.8 Å². The van der Waals surface area contributed by atoms with Gasteiger partial charge in [-0.2, -0.15) is 0 Å². The van der Waals surface area contributed by atoms with Crippen molar-refractivity contribution in [2.45, 2.75) is 13.5 Å². The molecule has 26 heavy (non-hydrogen) atoms. The van der Waals surface area contributed by atoms with Gasteiger partial charge in [-0.15, -0.1) is 0 Å². The minimum atomic E-state index is -0.599. The lowest BCUT2D eigenvalue weighted by atomic mass is 10.2. The first-order chi connectivity index (χ1) is 12.6. The third kappa shape index (κ3) is 6.61. The quantitative estimate of drug-likeness (QED) is 0.567.